The minimum Gasteiger partial charge on any atom is -0.397 e. The van der Waals surface area contributed by atoms with Crippen molar-refractivity contribution in [2.45, 2.75) is 26.3 Å². The summed E-state index contributed by atoms with van der Waals surface area (Å²) >= 11 is 5.78. The zero-order chi connectivity index (χ0) is 15.4. The molecule has 0 aliphatic rings. The molecule has 0 atom stereocenters. The first-order valence-electron chi connectivity index (χ1n) is 6.75. The Kier molecular flexibility index (Phi) is 4.81. The van der Waals surface area contributed by atoms with Gasteiger partial charge in [0.25, 0.3) is 5.91 Å². The van der Waals surface area contributed by atoms with Crippen LogP contribution in [0.4, 0.5) is 5.69 Å². The second-order valence-electron chi connectivity index (χ2n) is 5.17. The third kappa shape index (κ3) is 3.95. The van der Waals surface area contributed by atoms with Crippen LogP contribution in [0.25, 0.3) is 0 Å². The van der Waals surface area contributed by atoms with E-state index in [9.17, 15) is 4.79 Å². The maximum absolute atomic E-state index is 12.1. The van der Waals surface area contributed by atoms with Crippen molar-refractivity contribution in [2.24, 2.45) is 0 Å². The maximum atomic E-state index is 12.1. The number of pyridine rings is 1. The standard InChI is InChI=1S/C16H18ClN3O/c1-10(2)12-5-3-11(4-6-12)8-20-16(21)13-7-15(17)19-9-14(13)18/h3-7,9-10H,8,18H2,1-2H3,(H,20,21). The lowest BCUT2D eigenvalue weighted by Crippen LogP contribution is -2.24. The number of rotatable bonds is 4. The van der Waals surface area contributed by atoms with E-state index < -0.39 is 0 Å². The van der Waals surface area contributed by atoms with E-state index in [4.69, 9.17) is 17.3 Å². The van der Waals surface area contributed by atoms with Gasteiger partial charge in [0, 0.05) is 6.54 Å². The number of nitrogens with one attached hydrogen (secondary N) is 1. The molecule has 1 aromatic heterocycles. The van der Waals surface area contributed by atoms with E-state index in [0.29, 0.717) is 23.7 Å². The molecule has 1 amide bonds. The zero-order valence-electron chi connectivity index (χ0n) is 12.1. The number of anilines is 1. The summed E-state index contributed by atoms with van der Waals surface area (Å²) in [5.41, 5.74) is 8.69. The molecule has 5 heteroatoms. The molecule has 1 aromatic carbocycles. The molecule has 2 aromatic rings. The van der Waals surface area contributed by atoms with Crippen molar-refractivity contribution in [2.75, 3.05) is 5.73 Å². The number of halogens is 1. The Labute approximate surface area is 129 Å². The van der Waals surface area contributed by atoms with Gasteiger partial charge in [0.2, 0.25) is 0 Å². The fraction of sp³-hybridized carbons (Fsp3) is 0.250. The van der Waals surface area contributed by atoms with Crippen LogP contribution in [0.2, 0.25) is 5.15 Å². The van der Waals surface area contributed by atoms with E-state index in [1.807, 2.05) is 12.1 Å². The summed E-state index contributed by atoms with van der Waals surface area (Å²) in [7, 11) is 0. The number of aromatic nitrogens is 1. The molecule has 0 radical (unpaired) electrons. The average molecular weight is 304 g/mol. The molecule has 0 bridgehead atoms. The molecule has 0 spiro atoms. The number of nitrogens with two attached hydrogens (primary N) is 1. The number of hydrogen-bond donors (Lipinski definition) is 2. The average Bonchev–Trinajstić information content (AvgIpc) is 2.47. The molecule has 0 saturated carbocycles. The molecule has 0 saturated heterocycles. The minimum absolute atomic E-state index is 0.246. The van der Waals surface area contributed by atoms with Crippen molar-refractivity contribution in [3.8, 4) is 0 Å². The molecular formula is C16H18ClN3O. The summed E-state index contributed by atoms with van der Waals surface area (Å²) in [5.74, 6) is 0.233. The van der Waals surface area contributed by atoms with Crippen LogP contribution in [0, 0.1) is 0 Å². The Bertz CT molecular complexity index is 638. The first-order chi connectivity index (χ1) is 9.97. The highest BCUT2D eigenvalue weighted by molar-refractivity contribution is 6.29. The van der Waals surface area contributed by atoms with Crippen molar-refractivity contribution >= 4 is 23.2 Å². The van der Waals surface area contributed by atoms with E-state index in [2.05, 4.69) is 36.3 Å². The number of amides is 1. The first kappa shape index (κ1) is 15.3. The third-order valence-corrected chi connectivity index (χ3v) is 3.45. The number of carbonyl (C=O) groups is 1. The van der Waals surface area contributed by atoms with Crippen molar-refractivity contribution in [1.29, 1.82) is 0 Å². The van der Waals surface area contributed by atoms with Crippen LogP contribution in [0.5, 0.6) is 0 Å². The van der Waals surface area contributed by atoms with Gasteiger partial charge in [-0.1, -0.05) is 49.7 Å². The molecule has 21 heavy (non-hydrogen) atoms. The summed E-state index contributed by atoms with van der Waals surface area (Å²) in [6.45, 7) is 4.73. The lowest BCUT2D eigenvalue weighted by atomic mass is 10.0. The Morgan fingerprint density at radius 3 is 2.62 bits per heavy atom. The van der Waals surface area contributed by atoms with Gasteiger partial charge in [-0.25, -0.2) is 4.98 Å². The van der Waals surface area contributed by atoms with Crippen molar-refractivity contribution in [3.05, 3.63) is 58.4 Å². The van der Waals surface area contributed by atoms with Gasteiger partial charge in [0.15, 0.2) is 0 Å². The van der Waals surface area contributed by atoms with E-state index >= 15 is 0 Å². The van der Waals surface area contributed by atoms with Crippen LogP contribution < -0.4 is 11.1 Å². The second-order valence-corrected chi connectivity index (χ2v) is 5.56. The van der Waals surface area contributed by atoms with Gasteiger partial charge >= 0.3 is 0 Å². The summed E-state index contributed by atoms with van der Waals surface area (Å²) in [5, 5.41) is 3.07. The van der Waals surface area contributed by atoms with Crippen molar-refractivity contribution in [1.82, 2.24) is 10.3 Å². The molecule has 0 aliphatic carbocycles. The van der Waals surface area contributed by atoms with E-state index in [-0.39, 0.29) is 11.1 Å². The normalized spacial score (nSPS) is 10.7. The predicted octanol–water partition coefficient (Wildman–Crippen LogP) is 3.37. The molecule has 0 unspecified atom stereocenters. The Hall–Kier alpha value is -2.07. The molecule has 4 nitrogen and oxygen atoms in total. The highest BCUT2D eigenvalue weighted by atomic mass is 35.5. The van der Waals surface area contributed by atoms with Gasteiger partial charge < -0.3 is 11.1 Å². The SMILES string of the molecule is CC(C)c1ccc(CNC(=O)c2cc(Cl)ncc2N)cc1. The molecule has 1 heterocycles. The molecule has 0 fully saturated rings. The highest BCUT2D eigenvalue weighted by Gasteiger charge is 2.10. The molecule has 3 N–H and O–H groups in total. The monoisotopic (exact) mass is 303 g/mol. The molecule has 2 rings (SSSR count). The highest BCUT2D eigenvalue weighted by Crippen LogP contribution is 2.16. The molecule has 110 valence electrons. The van der Waals surface area contributed by atoms with Crippen molar-refractivity contribution < 1.29 is 4.79 Å². The fourth-order valence-corrected chi connectivity index (χ4v) is 2.09. The summed E-state index contributed by atoms with van der Waals surface area (Å²) in [4.78, 5) is 15.9. The zero-order valence-corrected chi connectivity index (χ0v) is 12.8. The van der Waals surface area contributed by atoms with Crippen LogP contribution in [0.3, 0.4) is 0 Å². The Balaban J connectivity index is 2.02. The largest absolute Gasteiger partial charge is 0.397 e. The summed E-state index contributed by atoms with van der Waals surface area (Å²) < 4.78 is 0. The van der Waals surface area contributed by atoms with E-state index in [0.717, 1.165) is 5.56 Å². The van der Waals surface area contributed by atoms with Gasteiger partial charge in [0.1, 0.15) is 5.15 Å². The second kappa shape index (κ2) is 6.59. The number of nitrogen functional groups attached to an aromatic ring is 1. The van der Waals surface area contributed by atoms with Gasteiger partial charge in [-0.15, -0.1) is 0 Å². The Morgan fingerprint density at radius 2 is 2.00 bits per heavy atom. The van der Waals surface area contributed by atoms with Gasteiger partial charge in [0.05, 0.1) is 17.4 Å². The first-order valence-corrected chi connectivity index (χ1v) is 7.13. The van der Waals surface area contributed by atoms with Crippen LogP contribution in [-0.2, 0) is 6.54 Å². The van der Waals surface area contributed by atoms with Crippen LogP contribution in [0.1, 0.15) is 41.3 Å². The fourth-order valence-electron chi connectivity index (χ4n) is 1.94. The van der Waals surface area contributed by atoms with E-state index in [1.165, 1.54) is 17.8 Å². The number of hydrogen-bond acceptors (Lipinski definition) is 3. The van der Waals surface area contributed by atoms with Gasteiger partial charge in [-0.2, -0.15) is 0 Å². The van der Waals surface area contributed by atoms with Gasteiger partial charge in [-0.05, 0) is 23.1 Å². The number of nitrogens with zero attached hydrogens (tertiary/aromatic N) is 1. The predicted molar refractivity (Wildman–Crippen MR) is 85.4 cm³/mol. The quantitative estimate of drug-likeness (QED) is 0.851. The van der Waals surface area contributed by atoms with Crippen LogP contribution in [-0.4, -0.2) is 10.9 Å². The minimum atomic E-state index is -0.260. The third-order valence-electron chi connectivity index (χ3n) is 3.25. The lowest BCUT2D eigenvalue weighted by Gasteiger charge is -2.09. The van der Waals surface area contributed by atoms with Gasteiger partial charge in [-0.3, -0.25) is 4.79 Å². The van der Waals surface area contributed by atoms with Crippen LogP contribution in [0.15, 0.2) is 36.5 Å². The number of benzene rings is 1. The summed E-state index contributed by atoms with van der Waals surface area (Å²) in [6, 6.07) is 9.64. The lowest BCUT2D eigenvalue weighted by molar-refractivity contribution is 0.0951. The van der Waals surface area contributed by atoms with Crippen molar-refractivity contribution in [3.63, 3.8) is 0 Å². The molecule has 0 aliphatic heterocycles. The Morgan fingerprint density at radius 1 is 1.33 bits per heavy atom. The topological polar surface area (TPSA) is 68.0 Å². The maximum Gasteiger partial charge on any atom is 0.253 e. The number of carbonyl (C=O) groups excluding carboxylic acids is 1. The summed E-state index contributed by atoms with van der Waals surface area (Å²) in [6.07, 6.45) is 1.38. The molecular weight excluding hydrogens is 286 g/mol. The van der Waals surface area contributed by atoms with Crippen LogP contribution >= 0.6 is 11.6 Å². The van der Waals surface area contributed by atoms with E-state index in [1.54, 1.807) is 0 Å². The smallest absolute Gasteiger partial charge is 0.253 e.